The smallest absolute Gasteiger partial charge is 0.0727 e. The van der Waals surface area contributed by atoms with Crippen LogP contribution in [0.25, 0.3) is 0 Å². The third kappa shape index (κ3) is 4.20. The molecule has 2 atom stereocenters. The molecule has 3 heteroatoms. The van der Waals surface area contributed by atoms with Crippen molar-refractivity contribution in [3.8, 4) is 0 Å². The number of ether oxygens (including phenoxy) is 1. The predicted molar refractivity (Wildman–Crippen MR) is 64.1 cm³/mol. The van der Waals surface area contributed by atoms with Crippen LogP contribution in [0.4, 0.5) is 0 Å². The molecule has 0 saturated heterocycles. The average Bonchev–Trinajstić information content (AvgIpc) is 2.25. The van der Waals surface area contributed by atoms with Crippen molar-refractivity contribution < 1.29 is 4.74 Å². The number of likely N-dealkylation sites (N-methyl/N-ethyl adjacent to an activating group) is 1. The van der Waals surface area contributed by atoms with Crippen molar-refractivity contribution in [1.82, 2.24) is 5.32 Å². The van der Waals surface area contributed by atoms with Crippen LogP contribution in [0.5, 0.6) is 0 Å². The van der Waals surface area contributed by atoms with Crippen LogP contribution in [-0.2, 0) is 4.74 Å². The Morgan fingerprint density at radius 2 is 2.14 bits per heavy atom. The van der Waals surface area contributed by atoms with Crippen LogP contribution in [0.1, 0.15) is 32.1 Å². The lowest BCUT2D eigenvalue weighted by molar-refractivity contribution is 0.00789. The van der Waals surface area contributed by atoms with Crippen molar-refractivity contribution in [2.75, 3.05) is 25.7 Å². The maximum atomic E-state index is 5.91. The molecule has 0 aromatic heterocycles. The zero-order valence-electron chi connectivity index (χ0n) is 9.42. The Morgan fingerprint density at radius 3 is 2.86 bits per heavy atom. The van der Waals surface area contributed by atoms with E-state index < -0.39 is 0 Å². The lowest BCUT2D eigenvalue weighted by Crippen LogP contribution is -2.41. The molecule has 2 nitrogen and oxygen atoms in total. The van der Waals surface area contributed by atoms with E-state index in [2.05, 4.69) is 11.6 Å². The summed E-state index contributed by atoms with van der Waals surface area (Å²) in [6.45, 7) is 0.934. The molecule has 1 rings (SSSR count). The van der Waals surface area contributed by atoms with Crippen LogP contribution >= 0.6 is 11.8 Å². The zero-order valence-corrected chi connectivity index (χ0v) is 10.2. The lowest BCUT2D eigenvalue weighted by Gasteiger charge is -2.31. The first kappa shape index (κ1) is 12.3. The van der Waals surface area contributed by atoms with Crippen LogP contribution in [0, 0.1) is 0 Å². The van der Waals surface area contributed by atoms with Gasteiger partial charge in [-0.2, -0.15) is 11.8 Å². The van der Waals surface area contributed by atoms with Gasteiger partial charge in [-0.3, -0.25) is 0 Å². The Kier molecular flexibility index (Phi) is 6.65. The third-order valence-electron chi connectivity index (χ3n) is 2.90. The fourth-order valence-corrected chi connectivity index (χ4v) is 2.47. The van der Waals surface area contributed by atoms with E-state index in [4.69, 9.17) is 4.74 Å². The highest BCUT2D eigenvalue weighted by molar-refractivity contribution is 7.98. The second-order valence-corrected chi connectivity index (χ2v) is 4.92. The van der Waals surface area contributed by atoms with Crippen LogP contribution in [0.15, 0.2) is 0 Å². The molecule has 1 saturated carbocycles. The molecule has 2 unspecified atom stereocenters. The largest absolute Gasteiger partial charge is 0.377 e. The molecule has 0 amide bonds. The Balaban J connectivity index is 2.13. The Morgan fingerprint density at radius 1 is 1.36 bits per heavy atom. The maximum absolute atomic E-state index is 5.91. The summed E-state index contributed by atoms with van der Waals surface area (Å²) in [5.74, 6) is 1.22. The molecule has 0 aliphatic heterocycles. The molecule has 0 aromatic carbocycles. The number of hydrogen-bond donors (Lipinski definition) is 1. The molecule has 0 spiro atoms. The highest BCUT2D eigenvalue weighted by atomic mass is 32.2. The van der Waals surface area contributed by atoms with Gasteiger partial charge in [0.05, 0.1) is 6.10 Å². The van der Waals surface area contributed by atoms with Crippen LogP contribution in [-0.4, -0.2) is 37.8 Å². The summed E-state index contributed by atoms with van der Waals surface area (Å²) in [4.78, 5) is 0. The monoisotopic (exact) mass is 217 g/mol. The summed E-state index contributed by atoms with van der Waals surface area (Å²) < 4.78 is 5.91. The third-order valence-corrected chi connectivity index (χ3v) is 3.59. The highest BCUT2D eigenvalue weighted by Gasteiger charge is 2.23. The minimum atomic E-state index is 0.468. The normalized spacial score (nSPS) is 27.9. The molecule has 0 bridgehead atoms. The molecule has 84 valence electrons. The fourth-order valence-electron chi connectivity index (χ4n) is 2.06. The van der Waals surface area contributed by atoms with Gasteiger partial charge >= 0.3 is 0 Å². The van der Waals surface area contributed by atoms with E-state index in [0.717, 1.165) is 6.61 Å². The SMILES string of the molecule is CNC1CCCCC1OCCCSC. The molecule has 1 fully saturated rings. The summed E-state index contributed by atoms with van der Waals surface area (Å²) >= 11 is 1.90. The molecular weight excluding hydrogens is 194 g/mol. The van der Waals surface area contributed by atoms with E-state index in [1.165, 1.54) is 37.9 Å². The van der Waals surface area contributed by atoms with Gasteiger partial charge < -0.3 is 10.1 Å². The average molecular weight is 217 g/mol. The molecule has 0 aromatic rings. The summed E-state index contributed by atoms with van der Waals surface area (Å²) in [5, 5.41) is 3.36. The van der Waals surface area contributed by atoms with Crippen molar-refractivity contribution in [3.05, 3.63) is 0 Å². The van der Waals surface area contributed by atoms with Gasteiger partial charge in [-0.15, -0.1) is 0 Å². The minimum Gasteiger partial charge on any atom is -0.377 e. The molecule has 1 aliphatic carbocycles. The van der Waals surface area contributed by atoms with E-state index in [0.29, 0.717) is 12.1 Å². The Hall–Kier alpha value is 0.270. The van der Waals surface area contributed by atoms with Gasteiger partial charge in [-0.25, -0.2) is 0 Å². The van der Waals surface area contributed by atoms with Gasteiger partial charge in [0.15, 0.2) is 0 Å². The Labute approximate surface area is 92.2 Å². The molecule has 14 heavy (non-hydrogen) atoms. The number of hydrogen-bond acceptors (Lipinski definition) is 3. The van der Waals surface area contributed by atoms with Gasteiger partial charge in [0.25, 0.3) is 0 Å². The second-order valence-electron chi connectivity index (χ2n) is 3.94. The molecule has 0 heterocycles. The number of thioether (sulfide) groups is 1. The Bertz CT molecular complexity index is 143. The number of nitrogens with one attached hydrogen (secondary N) is 1. The van der Waals surface area contributed by atoms with Crippen molar-refractivity contribution in [2.45, 2.75) is 44.2 Å². The van der Waals surface area contributed by atoms with E-state index in [9.17, 15) is 0 Å². The maximum Gasteiger partial charge on any atom is 0.0727 e. The lowest BCUT2D eigenvalue weighted by atomic mass is 9.92. The quantitative estimate of drug-likeness (QED) is 0.690. The van der Waals surface area contributed by atoms with Gasteiger partial charge in [0, 0.05) is 12.6 Å². The first-order chi connectivity index (χ1) is 6.88. The topological polar surface area (TPSA) is 21.3 Å². The summed E-state index contributed by atoms with van der Waals surface area (Å²) in [6.07, 6.45) is 9.02. The zero-order chi connectivity index (χ0) is 10.2. The van der Waals surface area contributed by atoms with Crippen LogP contribution < -0.4 is 5.32 Å². The van der Waals surface area contributed by atoms with Crippen LogP contribution in [0.2, 0.25) is 0 Å². The van der Waals surface area contributed by atoms with Gasteiger partial charge in [0.1, 0.15) is 0 Å². The van der Waals surface area contributed by atoms with E-state index in [1.54, 1.807) is 0 Å². The molecule has 0 radical (unpaired) electrons. The molecular formula is C11H23NOS. The first-order valence-electron chi connectivity index (χ1n) is 5.66. The number of rotatable bonds is 6. The van der Waals surface area contributed by atoms with Gasteiger partial charge in [0.2, 0.25) is 0 Å². The van der Waals surface area contributed by atoms with E-state index in [1.807, 2.05) is 18.8 Å². The van der Waals surface area contributed by atoms with Gasteiger partial charge in [-0.05, 0) is 38.3 Å². The standard InChI is InChI=1S/C11H23NOS/c1-12-10-6-3-4-7-11(10)13-8-5-9-14-2/h10-12H,3-9H2,1-2H3. The van der Waals surface area contributed by atoms with E-state index in [-0.39, 0.29) is 0 Å². The predicted octanol–water partition coefficient (Wildman–Crippen LogP) is 2.29. The summed E-state index contributed by atoms with van der Waals surface area (Å²) in [7, 11) is 2.05. The van der Waals surface area contributed by atoms with Crippen LogP contribution in [0.3, 0.4) is 0 Å². The van der Waals surface area contributed by atoms with Gasteiger partial charge in [-0.1, -0.05) is 12.8 Å². The summed E-state index contributed by atoms with van der Waals surface area (Å²) in [5.41, 5.74) is 0. The second kappa shape index (κ2) is 7.55. The van der Waals surface area contributed by atoms with E-state index >= 15 is 0 Å². The van der Waals surface area contributed by atoms with Crippen molar-refractivity contribution in [3.63, 3.8) is 0 Å². The molecule has 1 aliphatic rings. The minimum absolute atomic E-state index is 0.468. The fraction of sp³-hybridized carbons (Fsp3) is 1.00. The molecule has 1 N–H and O–H groups in total. The summed E-state index contributed by atoms with van der Waals surface area (Å²) in [6, 6.07) is 0.595. The highest BCUT2D eigenvalue weighted by Crippen LogP contribution is 2.21. The van der Waals surface area contributed by atoms with Crippen molar-refractivity contribution in [1.29, 1.82) is 0 Å². The van der Waals surface area contributed by atoms with Crippen molar-refractivity contribution >= 4 is 11.8 Å². The first-order valence-corrected chi connectivity index (χ1v) is 7.05. The van der Waals surface area contributed by atoms with Crippen molar-refractivity contribution in [2.24, 2.45) is 0 Å².